The van der Waals surface area contributed by atoms with Crippen molar-refractivity contribution in [3.63, 3.8) is 0 Å². The monoisotopic (exact) mass is 189 g/mol. The lowest BCUT2D eigenvalue weighted by molar-refractivity contribution is 0.528. The van der Waals surface area contributed by atoms with Crippen LogP contribution in [-0.2, 0) is 0 Å². The average molecular weight is 189 g/mol. The summed E-state index contributed by atoms with van der Waals surface area (Å²) in [5, 5.41) is 0. The number of rotatable bonds is 1. The maximum Gasteiger partial charge on any atom is 0.417 e. The molecule has 0 amide bonds. The van der Waals surface area contributed by atoms with Crippen LogP contribution in [0.25, 0.3) is 11.3 Å². The predicted octanol–water partition coefficient (Wildman–Crippen LogP) is 2.25. The Morgan fingerprint density at radius 3 is 2.50 bits per heavy atom. The average Bonchev–Trinajstić information content (AvgIpc) is 2.46. The Hall–Kier alpha value is -1.77. The summed E-state index contributed by atoms with van der Waals surface area (Å²) in [4.78, 5) is 13.6. The van der Waals surface area contributed by atoms with E-state index in [4.69, 9.17) is 4.42 Å². The van der Waals surface area contributed by atoms with E-state index in [1.54, 1.807) is 0 Å². The van der Waals surface area contributed by atoms with Crippen LogP contribution in [0, 0.1) is 13.8 Å². The summed E-state index contributed by atoms with van der Waals surface area (Å²) < 4.78 is 5.07. The van der Waals surface area contributed by atoms with Crippen LogP contribution in [0.15, 0.2) is 33.5 Å². The first-order chi connectivity index (χ1) is 6.68. The summed E-state index contributed by atoms with van der Waals surface area (Å²) in [6, 6.07) is 7.81. The van der Waals surface area contributed by atoms with Crippen LogP contribution in [0.5, 0.6) is 0 Å². The third kappa shape index (κ3) is 1.37. The van der Waals surface area contributed by atoms with Crippen molar-refractivity contribution in [2.75, 3.05) is 0 Å². The Morgan fingerprint density at radius 2 is 1.93 bits per heavy atom. The molecule has 3 nitrogen and oxygen atoms in total. The van der Waals surface area contributed by atoms with E-state index in [-0.39, 0.29) is 0 Å². The molecule has 0 saturated carbocycles. The number of aromatic nitrogens is 1. The number of hydrogen-bond donors (Lipinski definition) is 1. The van der Waals surface area contributed by atoms with Crippen LogP contribution >= 0.6 is 0 Å². The van der Waals surface area contributed by atoms with Gasteiger partial charge in [0, 0.05) is 5.56 Å². The number of nitrogens with one attached hydrogen (secondary N) is 1. The van der Waals surface area contributed by atoms with E-state index >= 15 is 0 Å². The van der Waals surface area contributed by atoms with Crippen LogP contribution in [0.2, 0.25) is 0 Å². The second-order valence-electron chi connectivity index (χ2n) is 3.28. The predicted molar refractivity (Wildman–Crippen MR) is 54.2 cm³/mol. The zero-order valence-corrected chi connectivity index (χ0v) is 8.13. The van der Waals surface area contributed by atoms with Gasteiger partial charge in [0.15, 0.2) is 5.76 Å². The lowest BCUT2D eigenvalue weighted by Gasteiger charge is -2.01. The molecule has 0 fully saturated rings. The fraction of sp³-hybridized carbons (Fsp3) is 0.182. The van der Waals surface area contributed by atoms with E-state index in [1.165, 1.54) is 0 Å². The molecule has 0 spiro atoms. The maximum atomic E-state index is 11.0. The van der Waals surface area contributed by atoms with Gasteiger partial charge >= 0.3 is 5.76 Å². The van der Waals surface area contributed by atoms with Gasteiger partial charge in [-0.05, 0) is 19.4 Å². The molecule has 0 aliphatic carbocycles. The highest BCUT2D eigenvalue weighted by atomic mass is 16.4. The molecule has 0 unspecified atom stereocenters. The Balaban J connectivity index is 2.66. The maximum absolute atomic E-state index is 11.0. The Labute approximate surface area is 81.4 Å². The van der Waals surface area contributed by atoms with Gasteiger partial charge in [0.1, 0.15) is 0 Å². The topological polar surface area (TPSA) is 46.0 Å². The first-order valence-corrected chi connectivity index (χ1v) is 4.44. The highest BCUT2D eigenvalue weighted by molar-refractivity contribution is 5.63. The molecule has 3 heteroatoms. The van der Waals surface area contributed by atoms with Crippen molar-refractivity contribution in [1.29, 1.82) is 0 Å². The second kappa shape index (κ2) is 3.18. The lowest BCUT2D eigenvalue weighted by atomic mass is 10.1. The summed E-state index contributed by atoms with van der Waals surface area (Å²) in [5.74, 6) is 0.230. The first kappa shape index (κ1) is 8.81. The zero-order chi connectivity index (χ0) is 10.1. The van der Waals surface area contributed by atoms with Crippen LogP contribution in [-0.4, -0.2) is 4.98 Å². The van der Waals surface area contributed by atoms with Crippen molar-refractivity contribution in [3.05, 3.63) is 46.1 Å². The van der Waals surface area contributed by atoms with Crippen molar-refractivity contribution in [1.82, 2.24) is 4.98 Å². The summed E-state index contributed by atoms with van der Waals surface area (Å²) in [7, 11) is 0. The third-order valence-corrected chi connectivity index (χ3v) is 2.21. The van der Waals surface area contributed by atoms with Crippen molar-refractivity contribution in [3.8, 4) is 11.3 Å². The molecule has 0 radical (unpaired) electrons. The van der Waals surface area contributed by atoms with Crippen molar-refractivity contribution < 1.29 is 4.42 Å². The molecular weight excluding hydrogens is 178 g/mol. The van der Waals surface area contributed by atoms with E-state index < -0.39 is 5.76 Å². The minimum Gasteiger partial charge on any atom is -0.408 e. The van der Waals surface area contributed by atoms with Crippen LogP contribution in [0.1, 0.15) is 11.3 Å². The number of oxazole rings is 1. The molecule has 2 aromatic rings. The fourth-order valence-corrected chi connectivity index (χ4v) is 1.49. The Morgan fingerprint density at radius 1 is 1.21 bits per heavy atom. The van der Waals surface area contributed by atoms with Crippen molar-refractivity contribution in [2.45, 2.75) is 13.8 Å². The summed E-state index contributed by atoms with van der Waals surface area (Å²) in [5.41, 5.74) is 2.83. The first-order valence-electron chi connectivity index (χ1n) is 4.44. The lowest BCUT2D eigenvalue weighted by Crippen LogP contribution is -1.94. The molecule has 2 rings (SSSR count). The van der Waals surface area contributed by atoms with Crippen LogP contribution < -0.4 is 5.76 Å². The molecule has 0 bridgehead atoms. The molecule has 1 N–H and O–H groups in total. The van der Waals surface area contributed by atoms with Crippen LogP contribution in [0.3, 0.4) is 0 Å². The smallest absolute Gasteiger partial charge is 0.408 e. The number of aromatic amines is 1. The largest absolute Gasteiger partial charge is 0.417 e. The molecule has 1 heterocycles. The standard InChI is InChI=1S/C11H11NO2/c1-7-5-3-4-6-9(7)10-8(2)12-11(13)14-10/h3-6H,1-2H3,(H,12,13). The second-order valence-corrected chi connectivity index (χ2v) is 3.28. The van der Waals surface area contributed by atoms with E-state index in [2.05, 4.69) is 4.98 Å². The van der Waals surface area contributed by atoms with Gasteiger partial charge in [0.25, 0.3) is 0 Å². The number of hydrogen-bond acceptors (Lipinski definition) is 2. The Bertz CT molecular complexity index is 508. The number of aryl methyl sites for hydroxylation is 2. The van der Waals surface area contributed by atoms with Gasteiger partial charge in [-0.1, -0.05) is 24.3 Å². The van der Waals surface area contributed by atoms with Gasteiger partial charge in [0.2, 0.25) is 0 Å². The van der Waals surface area contributed by atoms with Gasteiger partial charge in [-0.25, -0.2) is 4.79 Å². The molecule has 1 aromatic heterocycles. The van der Waals surface area contributed by atoms with Crippen molar-refractivity contribution >= 4 is 0 Å². The minimum absolute atomic E-state index is 0.402. The molecular formula is C11H11NO2. The molecule has 0 aliphatic rings. The number of benzene rings is 1. The van der Waals surface area contributed by atoms with Gasteiger partial charge in [-0.15, -0.1) is 0 Å². The molecule has 0 saturated heterocycles. The molecule has 1 aromatic carbocycles. The molecule has 0 atom stereocenters. The van der Waals surface area contributed by atoms with Gasteiger partial charge in [0.05, 0.1) is 5.69 Å². The summed E-state index contributed by atoms with van der Waals surface area (Å²) in [6.45, 7) is 3.81. The van der Waals surface area contributed by atoms with Crippen LogP contribution in [0.4, 0.5) is 0 Å². The fourth-order valence-electron chi connectivity index (χ4n) is 1.49. The molecule has 72 valence electrons. The third-order valence-electron chi connectivity index (χ3n) is 2.21. The molecule has 0 aliphatic heterocycles. The highest BCUT2D eigenvalue weighted by Crippen LogP contribution is 2.23. The van der Waals surface area contributed by atoms with Crippen molar-refractivity contribution in [2.24, 2.45) is 0 Å². The quantitative estimate of drug-likeness (QED) is 0.747. The Kier molecular flexibility index (Phi) is 2.00. The van der Waals surface area contributed by atoms with Gasteiger partial charge in [-0.2, -0.15) is 0 Å². The van der Waals surface area contributed by atoms with Gasteiger partial charge < -0.3 is 4.42 Å². The van der Waals surface area contributed by atoms with E-state index in [0.717, 1.165) is 16.8 Å². The van der Waals surface area contributed by atoms with E-state index in [9.17, 15) is 4.79 Å². The molecule has 14 heavy (non-hydrogen) atoms. The summed E-state index contributed by atoms with van der Waals surface area (Å²) >= 11 is 0. The van der Waals surface area contributed by atoms with E-state index in [1.807, 2.05) is 38.1 Å². The minimum atomic E-state index is -0.402. The van der Waals surface area contributed by atoms with Gasteiger partial charge in [-0.3, -0.25) is 4.98 Å². The normalized spacial score (nSPS) is 10.4. The van der Waals surface area contributed by atoms with E-state index in [0.29, 0.717) is 5.76 Å². The highest BCUT2D eigenvalue weighted by Gasteiger charge is 2.09. The SMILES string of the molecule is Cc1ccccc1-c1oc(=O)[nH]c1C. The number of H-pyrrole nitrogens is 1. The summed E-state index contributed by atoms with van der Waals surface area (Å²) in [6.07, 6.45) is 0. The zero-order valence-electron chi connectivity index (χ0n) is 8.13.